The fourth-order valence-corrected chi connectivity index (χ4v) is 6.60. The van der Waals surface area contributed by atoms with Gasteiger partial charge in [0.2, 0.25) is 15.9 Å². The smallest absolute Gasteiger partial charge is 0.243 e. The molecule has 1 saturated heterocycles. The number of benzene rings is 2. The monoisotopic (exact) mass is 506 g/mol. The van der Waals surface area contributed by atoms with Gasteiger partial charge in [-0.3, -0.25) is 4.79 Å². The van der Waals surface area contributed by atoms with Gasteiger partial charge in [0.25, 0.3) is 0 Å². The summed E-state index contributed by atoms with van der Waals surface area (Å²) < 4.78 is 34.0. The minimum absolute atomic E-state index is 0.103. The number of methoxy groups -OCH3 is 1. The van der Waals surface area contributed by atoms with Crippen molar-refractivity contribution in [2.45, 2.75) is 44.0 Å². The van der Waals surface area contributed by atoms with E-state index in [1.165, 1.54) is 9.87 Å². The second-order valence-electron chi connectivity index (χ2n) is 8.34. The molecule has 31 heavy (non-hydrogen) atoms. The number of fused-ring (bicyclic) bond motifs is 1. The summed E-state index contributed by atoms with van der Waals surface area (Å²) in [4.78, 5) is 15.5. The molecule has 0 radical (unpaired) electrons. The standard InChI is InChI=1S/C23H27BrN2O4S/c1-15-12-20(5-7-22(15)30-3)31(28,29)25-10-8-17(9-11-25)23(27)26-16(2)13-18-14-19(24)4-6-21(18)26/h4-7,12,14,16-17H,8-11,13H2,1-3H3. The number of ether oxygens (including phenoxy) is 1. The Hall–Kier alpha value is -1.90. The number of hydrogen-bond acceptors (Lipinski definition) is 4. The molecule has 1 amide bonds. The minimum Gasteiger partial charge on any atom is -0.496 e. The van der Waals surface area contributed by atoms with Gasteiger partial charge in [-0.2, -0.15) is 4.31 Å². The first-order valence-electron chi connectivity index (χ1n) is 10.5. The molecule has 2 aromatic carbocycles. The zero-order chi connectivity index (χ0) is 22.3. The molecule has 2 heterocycles. The first kappa shape index (κ1) is 22.3. The van der Waals surface area contributed by atoms with E-state index in [4.69, 9.17) is 4.74 Å². The molecule has 1 atom stereocenters. The number of anilines is 1. The Labute approximate surface area is 192 Å². The summed E-state index contributed by atoms with van der Waals surface area (Å²) in [7, 11) is -2.03. The van der Waals surface area contributed by atoms with Crippen LogP contribution in [0.3, 0.4) is 0 Å². The van der Waals surface area contributed by atoms with Gasteiger partial charge in [0.15, 0.2) is 0 Å². The van der Waals surface area contributed by atoms with Crippen molar-refractivity contribution in [2.24, 2.45) is 5.92 Å². The molecule has 2 aliphatic heterocycles. The summed E-state index contributed by atoms with van der Waals surface area (Å²) in [6.07, 6.45) is 1.90. The van der Waals surface area contributed by atoms with Gasteiger partial charge in [-0.05, 0) is 80.6 Å². The number of amides is 1. The molecule has 8 heteroatoms. The van der Waals surface area contributed by atoms with Crippen molar-refractivity contribution >= 4 is 37.5 Å². The van der Waals surface area contributed by atoms with Crippen molar-refractivity contribution in [1.29, 1.82) is 0 Å². The summed E-state index contributed by atoms with van der Waals surface area (Å²) in [6, 6.07) is 11.1. The van der Waals surface area contributed by atoms with Crippen molar-refractivity contribution in [1.82, 2.24) is 4.31 Å². The number of carbonyl (C=O) groups is 1. The van der Waals surface area contributed by atoms with Crippen LogP contribution >= 0.6 is 15.9 Å². The largest absolute Gasteiger partial charge is 0.496 e. The van der Waals surface area contributed by atoms with Crippen LogP contribution in [0.5, 0.6) is 5.75 Å². The molecule has 6 nitrogen and oxygen atoms in total. The van der Waals surface area contributed by atoms with Crippen molar-refractivity contribution in [3.05, 3.63) is 52.0 Å². The highest BCUT2D eigenvalue weighted by molar-refractivity contribution is 9.10. The zero-order valence-corrected chi connectivity index (χ0v) is 20.4. The molecular formula is C23H27BrN2O4S. The molecule has 0 saturated carbocycles. The molecule has 166 valence electrons. The fourth-order valence-electron chi connectivity index (χ4n) is 4.64. The maximum absolute atomic E-state index is 13.3. The van der Waals surface area contributed by atoms with Gasteiger partial charge in [-0.25, -0.2) is 8.42 Å². The van der Waals surface area contributed by atoms with Gasteiger partial charge in [-0.15, -0.1) is 0 Å². The Morgan fingerprint density at radius 2 is 1.84 bits per heavy atom. The van der Waals surface area contributed by atoms with E-state index >= 15 is 0 Å². The van der Waals surface area contributed by atoms with Crippen LogP contribution in [0.2, 0.25) is 0 Å². The number of halogens is 1. The van der Waals surface area contributed by atoms with E-state index in [9.17, 15) is 13.2 Å². The number of piperidine rings is 1. The summed E-state index contributed by atoms with van der Waals surface area (Å²) in [5.74, 6) is 0.599. The number of nitrogens with zero attached hydrogens (tertiary/aromatic N) is 2. The van der Waals surface area contributed by atoms with Gasteiger partial charge >= 0.3 is 0 Å². The van der Waals surface area contributed by atoms with Crippen LogP contribution in [0.15, 0.2) is 45.8 Å². The predicted octanol–water partition coefficient (Wildman–Crippen LogP) is 4.14. The highest BCUT2D eigenvalue weighted by Gasteiger charge is 2.38. The van der Waals surface area contributed by atoms with Crippen LogP contribution in [0, 0.1) is 12.8 Å². The van der Waals surface area contributed by atoms with Crippen LogP contribution in [-0.2, 0) is 21.2 Å². The lowest BCUT2D eigenvalue weighted by molar-refractivity contribution is -0.123. The molecule has 2 aromatic rings. The van der Waals surface area contributed by atoms with E-state index in [-0.39, 0.29) is 22.8 Å². The molecule has 0 spiro atoms. The third-order valence-electron chi connectivity index (χ3n) is 6.30. The van der Waals surface area contributed by atoms with Crippen molar-refractivity contribution in [2.75, 3.05) is 25.1 Å². The predicted molar refractivity (Wildman–Crippen MR) is 124 cm³/mol. The second-order valence-corrected chi connectivity index (χ2v) is 11.2. The summed E-state index contributed by atoms with van der Waals surface area (Å²) in [5, 5.41) is 0. The molecule has 4 rings (SSSR count). The van der Waals surface area contributed by atoms with Crippen molar-refractivity contribution in [3.8, 4) is 5.75 Å². The fraction of sp³-hybridized carbons (Fsp3) is 0.435. The van der Waals surface area contributed by atoms with Crippen LogP contribution in [0.1, 0.15) is 30.9 Å². The summed E-state index contributed by atoms with van der Waals surface area (Å²) in [6.45, 7) is 4.59. The van der Waals surface area contributed by atoms with E-state index < -0.39 is 10.0 Å². The lowest BCUT2D eigenvalue weighted by Crippen LogP contribution is -2.46. The third kappa shape index (κ3) is 4.13. The quantitative estimate of drug-likeness (QED) is 0.624. The van der Waals surface area contributed by atoms with Crippen LogP contribution in [0.4, 0.5) is 5.69 Å². The van der Waals surface area contributed by atoms with Gasteiger partial charge in [0.1, 0.15) is 5.75 Å². The number of carbonyl (C=O) groups excluding carboxylic acids is 1. The van der Waals surface area contributed by atoms with Crippen LogP contribution < -0.4 is 9.64 Å². The molecule has 0 bridgehead atoms. The Morgan fingerprint density at radius 1 is 1.13 bits per heavy atom. The lowest BCUT2D eigenvalue weighted by atomic mass is 9.96. The number of hydrogen-bond donors (Lipinski definition) is 0. The molecular weight excluding hydrogens is 480 g/mol. The molecule has 0 N–H and O–H groups in total. The first-order chi connectivity index (χ1) is 14.7. The molecule has 1 unspecified atom stereocenters. The van der Waals surface area contributed by atoms with E-state index in [0.717, 1.165) is 22.1 Å². The number of aryl methyl sites for hydroxylation is 1. The SMILES string of the molecule is COc1ccc(S(=O)(=O)N2CCC(C(=O)N3c4ccc(Br)cc4CC3C)CC2)cc1C. The Bertz CT molecular complexity index is 1110. The second kappa shape index (κ2) is 8.56. The third-order valence-corrected chi connectivity index (χ3v) is 8.69. The molecule has 0 aromatic heterocycles. The maximum atomic E-state index is 13.3. The lowest BCUT2D eigenvalue weighted by Gasteiger charge is -2.34. The van der Waals surface area contributed by atoms with Crippen LogP contribution in [-0.4, -0.2) is 44.9 Å². The average Bonchev–Trinajstić information content (AvgIpc) is 3.07. The van der Waals surface area contributed by atoms with Gasteiger partial charge < -0.3 is 9.64 Å². The topological polar surface area (TPSA) is 66.9 Å². The molecule has 0 aliphatic carbocycles. The van der Waals surface area contributed by atoms with E-state index in [0.29, 0.717) is 31.7 Å². The van der Waals surface area contributed by atoms with Gasteiger partial charge in [0.05, 0.1) is 12.0 Å². The normalized spacial score (nSPS) is 20.0. The highest BCUT2D eigenvalue weighted by Crippen LogP contribution is 2.37. The van der Waals surface area contributed by atoms with Crippen molar-refractivity contribution < 1.29 is 17.9 Å². The Kier molecular flexibility index (Phi) is 6.16. The molecule has 1 fully saturated rings. The van der Waals surface area contributed by atoms with E-state index in [1.807, 2.05) is 24.0 Å². The first-order valence-corrected chi connectivity index (χ1v) is 12.7. The van der Waals surface area contributed by atoms with Gasteiger partial charge in [0, 0.05) is 35.2 Å². The highest BCUT2D eigenvalue weighted by atomic mass is 79.9. The van der Waals surface area contributed by atoms with Crippen molar-refractivity contribution in [3.63, 3.8) is 0 Å². The maximum Gasteiger partial charge on any atom is 0.243 e. The minimum atomic E-state index is -3.59. The Morgan fingerprint density at radius 3 is 2.48 bits per heavy atom. The number of sulfonamides is 1. The van der Waals surface area contributed by atoms with E-state index in [1.54, 1.807) is 25.3 Å². The Balaban J connectivity index is 1.46. The summed E-state index contributed by atoms with van der Waals surface area (Å²) >= 11 is 3.50. The van der Waals surface area contributed by atoms with E-state index in [2.05, 4.69) is 28.9 Å². The zero-order valence-electron chi connectivity index (χ0n) is 18.0. The average molecular weight is 507 g/mol. The molecule has 2 aliphatic rings. The summed E-state index contributed by atoms with van der Waals surface area (Å²) in [5.41, 5.74) is 2.93. The van der Waals surface area contributed by atoms with Gasteiger partial charge in [-0.1, -0.05) is 15.9 Å². The number of rotatable bonds is 4. The van der Waals surface area contributed by atoms with Crippen LogP contribution in [0.25, 0.3) is 0 Å².